The van der Waals surface area contributed by atoms with Crippen molar-refractivity contribution in [3.05, 3.63) is 29.3 Å². The second kappa shape index (κ2) is 4.44. The first kappa shape index (κ1) is 11.8. The quantitative estimate of drug-likeness (QED) is 0.760. The Labute approximate surface area is 111 Å². The molecular weight excluding hydrogens is 242 g/mol. The van der Waals surface area contributed by atoms with Gasteiger partial charge in [-0.15, -0.1) is 11.8 Å². The number of ketones is 1. The van der Waals surface area contributed by atoms with Crippen molar-refractivity contribution in [3.63, 3.8) is 0 Å². The second-order valence-corrected chi connectivity index (χ2v) is 6.29. The standard InChI is InChI=1S/C15H15NOS/c16-10-15(6-2-7-15)14(17)12-4-5-13-11(9-12)3-1-8-18-13/h4-5,9H,1-3,6-8H2. The number of carbonyl (C=O) groups is 1. The second-order valence-electron chi connectivity index (χ2n) is 5.15. The van der Waals surface area contributed by atoms with Crippen LogP contribution in [0, 0.1) is 16.7 Å². The number of thioether (sulfide) groups is 1. The van der Waals surface area contributed by atoms with E-state index in [4.69, 9.17) is 0 Å². The fourth-order valence-corrected chi connectivity index (χ4v) is 3.72. The van der Waals surface area contributed by atoms with E-state index >= 15 is 0 Å². The Morgan fingerprint density at radius 2 is 2.17 bits per heavy atom. The van der Waals surface area contributed by atoms with Crippen molar-refractivity contribution in [2.24, 2.45) is 5.41 Å². The lowest BCUT2D eigenvalue weighted by Crippen LogP contribution is -2.36. The van der Waals surface area contributed by atoms with Gasteiger partial charge in [0.2, 0.25) is 0 Å². The molecule has 92 valence electrons. The van der Waals surface area contributed by atoms with E-state index in [0.29, 0.717) is 0 Å². The molecule has 18 heavy (non-hydrogen) atoms. The lowest BCUT2D eigenvalue weighted by atomic mass is 9.65. The van der Waals surface area contributed by atoms with Gasteiger partial charge in [0.1, 0.15) is 5.41 Å². The number of hydrogen-bond donors (Lipinski definition) is 0. The molecule has 0 amide bonds. The van der Waals surface area contributed by atoms with Gasteiger partial charge in [-0.25, -0.2) is 0 Å². The normalized spacial score (nSPS) is 20.4. The maximum absolute atomic E-state index is 12.4. The summed E-state index contributed by atoms with van der Waals surface area (Å²) in [5.41, 5.74) is 1.30. The lowest BCUT2D eigenvalue weighted by Gasteiger charge is -2.33. The minimum atomic E-state index is -0.712. The van der Waals surface area contributed by atoms with Gasteiger partial charge >= 0.3 is 0 Å². The zero-order valence-corrected chi connectivity index (χ0v) is 11.1. The Bertz CT molecular complexity index is 540. The van der Waals surface area contributed by atoms with Crippen molar-refractivity contribution in [1.82, 2.24) is 0 Å². The Morgan fingerprint density at radius 1 is 1.33 bits per heavy atom. The van der Waals surface area contributed by atoms with E-state index < -0.39 is 5.41 Å². The highest BCUT2D eigenvalue weighted by Crippen LogP contribution is 2.43. The first-order chi connectivity index (χ1) is 8.75. The lowest BCUT2D eigenvalue weighted by molar-refractivity contribution is 0.0748. The van der Waals surface area contributed by atoms with Gasteiger partial charge in [-0.3, -0.25) is 4.79 Å². The highest BCUT2D eigenvalue weighted by Gasteiger charge is 2.44. The van der Waals surface area contributed by atoms with Gasteiger partial charge in [0.25, 0.3) is 0 Å². The fraction of sp³-hybridized carbons (Fsp3) is 0.467. The molecule has 0 unspecified atom stereocenters. The van der Waals surface area contributed by atoms with Gasteiger partial charge in [-0.05, 0) is 55.6 Å². The number of benzene rings is 1. The predicted molar refractivity (Wildman–Crippen MR) is 71.7 cm³/mol. The van der Waals surface area contributed by atoms with Gasteiger partial charge in [-0.2, -0.15) is 5.26 Å². The van der Waals surface area contributed by atoms with Crippen LogP contribution >= 0.6 is 11.8 Å². The van der Waals surface area contributed by atoms with Gasteiger partial charge in [0.15, 0.2) is 5.78 Å². The number of nitriles is 1. The van der Waals surface area contributed by atoms with Crippen molar-refractivity contribution in [2.45, 2.75) is 37.0 Å². The maximum atomic E-state index is 12.4. The molecule has 0 spiro atoms. The Hall–Kier alpha value is -1.27. The molecule has 3 heteroatoms. The number of Topliss-reactive ketones (excluding diaryl/α,β-unsaturated/α-hetero) is 1. The Balaban J connectivity index is 1.93. The van der Waals surface area contributed by atoms with E-state index in [2.05, 4.69) is 12.1 Å². The van der Waals surface area contributed by atoms with Crippen LogP contribution in [0.3, 0.4) is 0 Å². The first-order valence-electron chi connectivity index (χ1n) is 6.47. The largest absolute Gasteiger partial charge is 0.292 e. The zero-order chi connectivity index (χ0) is 12.6. The molecular formula is C15H15NOS. The van der Waals surface area contributed by atoms with Crippen molar-refractivity contribution in [1.29, 1.82) is 5.26 Å². The third kappa shape index (κ3) is 1.76. The van der Waals surface area contributed by atoms with E-state index in [9.17, 15) is 10.1 Å². The molecule has 1 aromatic rings. The van der Waals surface area contributed by atoms with Gasteiger partial charge in [-0.1, -0.05) is 6.07 Å². The number of hydrogen-bond acceptors (Lipinski definition) is 3. The maximum Gasteiger partial charge on any atom is 0.183 e. The van der Waals surface area contributed by atoms with Crippen molar-refractivity contribution in [2.75, 3.05) is 5.75 Å². The summed E-state index contributed by atoms with van der Waals surface area (Å²) >= 11 is 1.87. The van der Waals surface area contributed by atoms with E-state index in [-0.39, 0.29) is 5.78 Å². The summed E-state index contributed by atoms with van der Waals surface area (Å²) in [5, 5.41) is 9.23. The molecule has 0 bridgehead atoms. The van der Waals surface area contributed by atoms with Crippen LogP contribution in [-0.4, -0.2) is 11.5 Å². The average molecular weight is 257 g/mol. The molecule has 1 aliphatic carbocycles. The number of rotatable bonds is 2. The summed E-state index contributed by atoms with van der Waals surface area (Å²) in [5.74, 6) is 1.21. The summed E-state index contributed by atoms with van der Waals surface area (Å²) < 4.78 is 0. The van der Waals surface area contributed by atoms with E-state index in [0.717, 1.165) is 31.2 Å². The average Bonchev–Trinajstić information content (AvgIpc) is 2.37. The SMILES string of the molecule is N#CC1(C(=O)c2ccc3c(c2)CCCS3)CCC1. The molecule has 0 saturated heterocycles. The van der Waals surface area contributed by atoms with Crippen molar-refractivity contribution < 1.29 is 4.79 Å². The van der Waals surface area contributed by atoms with Crippen LogP contribution in [0.1, 0.15) is 41.6 Å². The topological polar surface area (TPSA) is 40.9 Å². The summed E-state index contributed by atoms with van der Waals surface area (Å²) in [6.07, 6.45) is 4.70. The molecule has 0 aromatic heterocycles. The molecule has 1 aliphatic heterocycles. The molecule has 1 fully saturated rings. The smallest absolute Gasteiger partial charge is 0.183 e. The molecule has 0 N–H and O–H groups in total. The minimum absolute atomic E-state index is 0.0367. The molecule has 3 rings (SSSR count). The minimum Gasteiger partial charge on any atom is -0.292 e. The summed E-state index contributed by atoms with van der Waals surface area (Å²) in [6, 6.07) is 8.21. The summed E-state index contributed by atoms with van der Waals surface area (Å²) in [4.78, 5) is 13.7. The van der Waals surface area contributed by atoms with Gasteiger partial charge in [0.05, 0.1) is 6.07 Å². The van der Waals surface area contributed by atoms with Crippen LogP contribution in [-0.2, 0) is 6.42 Å². The van der Waals surface area contributed by atoms with Crippen molar-refractivity contribution in [3.8, 4) is 6.07 Å². The Morgan fingerprint density at radius 3 is 2.83 bits per heavy atom. The number of fused-ring (bicyclic) bond motifs is 1. The van der Waals surface area contributed by atoms with E-state index in [1.54, 1.807) is 0 Å². The van der Waals surface area contributed by atoms with Gasteiger partial charge < -0.3 is 0 Å². The highest BCUT2D eigenvalue weighted by atomic mass is 32.2. The molecule has 0 atom stereocenters. The molecule has 1 heterocycles. The van der Waals surface area contributed by atoms with Crippen LogP contribution in [0.15, 0.2) is 23.1 Å². The highest BCUT2D eigenvalue weighted by molar-refractivity contribution is 7.99. The zero-order valence-electron chi connectivity index (χ0n) is 10.2. The first-order valence-corrected chi connectivity index (χ1v) is 7.45. The number of nitrogens with zero attached hydrogens (tertiary/aromatic N) is 1. The molecule has 2 aliphatic rings. The molecule has 1 aromatic carbocycles. The van der Waals surface area contributed by atoms with Crippen LogP contribution in [0.5, 0.6) is 0 Å². The predicted octanol–water partition coefficient (Wildman–Crippen LogP) is 3.60. The monoisotopic (exact) mass is 257 g/mol. The third-order valence-electron chi connectivity index (χ3n) is 4.03. The summed E-state index contributed by atoms with van der Waals surface area (Å²) in [6.45, 7) is 0. The van der Waals surface area contributed by atoms with Gasteiger partial charge in [0, 0.05) is 10.5 Å². The van der Waals surface area contributed by atoms with Crippen LogP contribution in [0.25, 0.3) is 0 Å². The molecule has 2 nitrogen and oxygen atoms in total. The van der Waals surface area contributed by atoms with Crippen molar-refractivity contribution >= 4 is 17.5 Å². The van der Waals surface area contributed by atoms with E-state index in [1.165, 1.54) is 22.6 Å². The summed E-state index contributed by atoms with van der Waals surface area (Å²) in [7, 11) is 0. The van der Waals surface area contributed by atoms with E-state index in [1.807, 2.05) is 23.9 Å². The molecule has 1 saturated carbocycles. The number of aryl methyl sites for hydroxylation is 1. The Kier molecular flexibility index (Phi) is 2.91. The fourth-order valence-electron chi connectivity index (χ4n) is 2.70. The third-order valence-corrected chi connectivity index (χ3v) is 5.23. The number of carbonyl (C=O) groups excluding carboxylic acids is 1. The van der Waals surface area contributed by atoms with Crippen LogP contribution < -0.4 is 0 Å². The van der Waals surface area contributed by atoms with Crippen LogP contribution in [0.2, 0.25) is 0 Å². The molecule has 0 radical (unpaired) electrons. The van der Waals surface area contributed by atoms with Crippen LogP contribution in [0.4, 0.5) is 0 Å².